The highest BCUT2D eigenvalue weighted by Gasteiger charge is 2.06. The molecule has 0 radical (unpaired) electrons. The molecule has 0 aromatic heterocycles. The molecule has 0 aliphatic heterocycles. The number of ether oxygens (including phenoxy) is 1. The third-order valence-electron chi connectivity index (χ3n) is 2.94. The summed E-state index contributed by atoms with van der Waals surface area (Å²) in [6.07, 6.45) is 0. The Kier molecular flexibility index (Phi) is 9.14. The van der Waals surface area contributed by atoms with Gasteiger partial charge >= 0.3 is 0 Å². The second-order valence-electron chi connectivity index (χ2n) is 4.41. The predicted molar refractivity (Wildman–Crippen MR) is 94.2 cm³/mol. The van der Waals surface area contributed by atoms with E-state index in [0.717, 1.165) is 0 Å². The van der Waals surface area contributed by atoms with Crippen LogP contribution >= 0.6 is 24.8 Å². The van der Waals surface area contributed by atoms with E-state index in [0.29, 0.717) is 22.6 Å². The van der Waals surface area contributed by atoms with E-state index in [9.17, 15) is 9.59 Å². The van der Waals surface area contributed by atoms with Crippen molar-refractivity contribution in [1.29, 1.82) is 0 Å². The van der Waals surface area contributed by atoms with Crippen LogP contribution in [0.5, 0.6) is 11.5 Å². The first-order valence-corrected chi connectivity index (χ1v) is 6.48. The number of hydrogen-bond donors (Lipinski definition) is 2. The summed E-state index contributed by atoms with van der Waals surface area (Å²) in [6, 6.07) is 13.5. The number of hydrogen-bond acceptors (Lipinski definition) is 5. The number of rotatable bonds is 6. The lowest BCUT2D eigenvalue weighted by molar-refractivity contribution is 0.0993. The predicted octanol–water partition coefficient (Wildman–Crippen LogP) is 2.61. The minimum atomic E-state index is -0.149. The molecule has 0 amide bonds. The van der Waals surface area contributed by atoms with Crippen LogP contribution in [0, 0.1) is 0 Å². The molecule has 0 bridgehead atoms. The first-order valence-electron chi connectivity index (χ1n) is 6.48. The molecule has 2 rings (SSSR count). The lowest BCUT2D eigenvalue weighted by Gasteiger charge is -2.07. The molecule has 0 atom stereocenters. The largest absolute Gasteiger partial charge is 0.457 e. The fraction of sp³-hybridized carbons (Fsp3) is 0.125. The zero-order valence-corrected chi connectivity index (χ0v) is 13.9. The van der Waals surface area contributed by atoms with Crippen molar-refractivity contribution in [2.24, 2.45) is 11.5 Å². The summed E-state index contributed by atoms with van der Waals surface area (Å²) in [5.74, 6) is 0.828. The highest BCUT2D eigenvalue weighted by molar-refractivity contribution is 5.98. The van der Waals surface area contributed by atoms with E-state index < -0.39 is 0 Å². The van der Waals surface area contributed by atoms with Gasteiger partial charge in [0.25, 0.3) is 0 Å². The number of benzene rings is 2. The Hall–Kier alpha value is -1.92. The quantitative estimate of drug-likeness (QED) is 0.775. The summed E-state index contributed by atoms with van der Waals surface area (Å²) in [4.78, 5) is 23.0. The number of carbonyl (C=O) groups excluding carboxylic acids is 2. The highest BCUT2D eigenvalue weighted by Crippen LogP contribution is 2.22. The van der Waals surface area contributed by atoms with E-state index in [1.54, 1.807) is 48.5 Å². The number of ketones is 2. The Morgan fingerprint density at radius 1 is 0.783 bits per heavy atom. The minimum absolute atomic E-state index is 0. The molecule has 7 heteroatoms. The topological polar surface area (TPSA) is 95.4 Å². The average molecular weight is 357 g/mol. The van der Waals surface area contributed by atoms with Gasteiger partial charge in [0.1, 0.15) is 11.5 Å². The SMILES string of the molecule is Cl.Cl.NCC(=O)c1ccc(Oc2cccc(C(=O)CN)c2)cc1. The molecular weight excluding hydrogens is 339 g/mol. The minimum Gasteiger partial charge on any atom is -0.457 e. The van der Waals surface area contributed by atoms with Crippen LogP contribution < -0.4 is 16.2 Å². The molecule has 0 aliphatic carbocycles. The maximum atomic E-state index is 11.5. The van der Waals surface area contributed by atoms with E-state index in [1.165, 1.54) is 0 Å². The first-order chi connectivity index (χ1) is 10.1. The first kappa shape index (κ1) is 21.1. The normalized spacial score (nSPS) is 9.30. The number of halogens is 2. The fourth-order valence-electron chi connectivity index (χ4n) is 1.81. The van der Waals surface area contributed by atoms with Crippen LogP contribution in [0.2, 0.25) is 0 Å². The van der Waals surface area contributed by atoms with E-state index in [-0.39, 0.29) is 49.5 Å². The number of nitrogens with two attached hydrogens (primary N) is 2. The summed E-state index contributed by atoms with van der Waals surface area (Å²) in [5.41, 5.74) is 11.7. The van der Waals surface area contributed by atoms with Crippen LogP contribution in [0.15, 0.2) is 48.5 Å². The van der Waals surface area contributed by atoms with Crippen molar-refractivity contribution in [1.82, 2.24) is 0 Å². The smallest absolute Gasteiger partial charge is 0.176 e. The Morgan fingerprint density at radius 2 is 1.35 bits per heavy atom. The Balaban J connectivity index is 0.00000242. The van der Waals surface area contributed by atoms with Crippen molar-refractivity contribution in [2.75, 3.05) is 13.1 Å². The van der Waals surface area contributed by atoms with Crippen molar-refractivity contribution in [3.05, 3.63) is 59.7 Å². The number of carbonyl (C=O) groups is 2. The van der Waals surface area contributed by atoms with Gasteiger partial charge in [-0.25, -0.2) is 0 Å². The summed E-state index contributed by atoms with van der Waals surface area (Å²) in [5, 5.41) is 0. The molecule has 0 fully saturated rings. The molecule has 2 aromatic rings. The standard InChI is InChI=1S/C16H16N2O3.2ClH/c17-9-15(19)11-4-6-13(7-5-11)21-14-3-1-2-12(8-14)16(20)10-18;;/h1-8H,9-10,17-18H2;2*1H. The molecule has 0 saturated heterocycles. The van der Waals surface area contributed by atoms with Gasteiger partial charge in [0, 0.05) is 11.1 Å². The van der Waals surface area contributed by atoms with Gasteiger partial charge in [-0.2, -0.15) is 0 Å². The zero-order chi connectivity index (χ0) is 15.2. The van der Waals surface area contributed by atoms with E-state index in [2.05, 4.69) is 0 Å². The van der Waals surface area contributed by atoms with Crippen LogP contribution in [0.25, 0.3) is 0 Å². The van der Waals surface area contributed by atoms with Gasteiger partial charge < -0.3 is 16.2 Å². The summed E-state index contributed by atoms with van der Waals surface area (Å²) in [7, 11) is 0. The van der Waals surface area contributed by atoms with E-state index in [4.69, 9.17) is 16.2 Å². The second kappa shape index (κ2) is 9.97. The molecule has 0 spiro atoms. The highest BCUT2D eigenvalue weighted by atomic mass is 35.5. The van der Waals surface area contributed by atoms with Gasteiger partial charge in [0.2, 0.25) is 0 Å². The van der Waals surface area contributed by atoms with Crippen LogP contribution in [-0.4, -0.2) is 24.7 Å². The van der Waals surface area contributed by atoms with Crippen molar-refractivity contribution >= 4 is 36.4 Å². The summed E-state index contributed by atoms with van der Waals surface area (Å²) < 4.78 is 5.65. The maximum Gasteiger partial charge on any atom is 0.176 e. The zero-order valence-electron chi connectivity index (χ0n) is 12.2. The molecule has 0 aliphatic rings. The summed E-state index contributed by atoms with van der Waals surface area (Å²) in [6.45, 7) is -0.0667. The molecule has 0 saturated carbocycles. The van der Waals surface area contributed by atoms with Crippen LogP contribution in [-0.2, 0) is 0 Å². The molecular formula is C16H18Cl2N2O3. The Morgan fingerprint density at radius 3 is 1.91 bits per heavy atom. The molecule has 23 heavy (non-hydrogen) atoms. The van der Waals surface area contributed by atoms with Crippen LogP contribution in [0.4, 0.5) is 0 Å². The Labute approximate surface area is 146 Å². The van der Waals surface area contributed by atoms with Crippen LogP contribution in [0.1, 0.15) is 20.7 Å². The van der Waals surface area contributed by atoms with Gasteiger partial charge in [-0.15, -0.1) is 24.8 Å². The van der Waals surface area contributed by atoms with Gasteiger partial charge in [0.05, 0.1) is 13.1 Å². The number of Topliss-reactive ketones (excluding diaryl/α,β-unsaturated/α-hetero) is 2. The molecule has 0 heterocycles. The molecule has 4 N–H and O–H groups in total. The second-order valence-corrected chi connectivity index (χ2v) is 4.41. The molecule has 5 nitrogen and oxygen atoms in total. The van der Waals surface area contributed by atoms with Gasteiger partial charge in [0.15, 0.2) is 11.6 Å². The average Bonchev–Trinajstić information content (AvgIpc) is 2.54. The molecule has 2 aromatic carbocycles. The van der Waals surface area contributed by atoms with Gasteiger partial charge in [-0.1, -0.05) is 12.1 Å². The monoisotopic (exact) mass is 356 g/mol. The molecule has 0 unspecified atom stereocenters. The fourth-order valence-corrected chi connectivity index (χ4v) is 1.81. The van der Waals surface area contributed by atoms with Crippen molar-refractivity contribution in [2.45, 2.75) is 0 Å². The third kappa shape index (κ3) is 5.65. The van der Waals surface area contributed by atoms with Crippen molar-refractivity contribution < 1.29 is 14.3 Å². The van der Waals surface area contributed by atoms with Gasteiger partial charge in [-0.3, -0.25) is 9.59 Å². The lowest BCUT2D eigenvalue weighted by atomic mass is 10.1. The van der Waals surface area contributed by atoms with Gasteiger partial charge in [-0.05, 0) is 36.4 Å². The Bertz CT molecular complexity index is 661. The third-order valence-corrected chi connectivity index (χ3v) is 2.94. The molecule has 124 valence electrons. The van der Waals surface area contributed by atoms with Crippen LogP contribution in [0.3, 0.4) is 0 Å². The van der Waals surface area contributed by atoms with E-state index in [1.807, 2.05) is 0 Å². The maximum absolute atomic E-state index is 11.5. The van der Waals surface area contributed by atoms with Crippen molar-refractivity contribution in [3.63, 3.8) is 0 Å². The lowest BCUT2D eigenvalue weighted by Crippen LogP contribution is -2.13. The van der Waals surface area contributed by atoms with E-state index >= 15 is 0 Å². The van der Waals surface area contributed by atoms with Crippen molar-refractivity contribution in [3.8, 4) is 11.5 Å². The summed E-state index contributed by atoms with van der Waals surface area (Å²) >= 11 is 0.